The van der Waals surface area contributed by atoms with Crippen LogP contribution >= 0.6 is 0 Å². The molecule has 3 rings (SSSR count). The summed E-state index contributed by atoms with van der Waals surface area (Å²) in [6.45, 7) is 0.399. The van der Waals surface area contributed by atoms with Crippen LogP contribution in [0.3, 0.4) is 0 Å². The fraction of sp³-hybridized carbons (Fsp3) is 0.200. The van der Waals surface area contributed by atoms with Gasteiger partial charge < -0.3 is 5.73 Å². The normalized spacial score (nSPS) is 14.8. The number of sulfonamides is 1. The van der Waals surface area contributed by atoms with E-state index in [9.17, 15) is 12.8 Å². The van der Waals surface area contributed by atoms with E-state index in [4.69, 9.17) is 5.73 Å². The molecule has 0 fully saturated rings. The predicted octanol–water partition coefficient (Wildman–Crippen LogP) is 2.55. The van der Waals surface area contributed by atoms with Crippen LogP contribution in [0, 0.1) is 5.82 Å². The van der Waals surface area contributed by atoms with E-state index >= 15 is 0 Å². The van der Waals surface area contributed by atoms with Gasteiger partial charge in [0, 0.05) is 12.2 Å². The number of anilines is 2. The molecule has 0 atom stereocenters. The van der Waals surface area contributed by atoms with Crippen molar-refractivity contribution in [2.45, 2.75) is 17.7 Å². The first kappa shape index (κ1) is 13.9. The molecule has 0 aromatic heterocycles. The minimum absolute atomic E-state index is 0.0826. The van der Waals surface area contributed by atoms with Crippen molar-refractivity contribution in [3.05, 3.63) is 53.8 Å². The molecule has 110 valence electrons. The quantitative estimate of drug-likeness (QED) is 0.867. The summed E-state index contributed by atoms with van der Waals surface area (Å²) in [5.41, 5.74) is 8.01. The number of nitrogens with two attached hydrogens (primary N) is 1. The van der Waals surface area contributed by atoms with Gasteiger partial charge in [-0.2, -0.15) is 0 Å². The molecule has 21 heavy (non-hydrogen) atoms. The van der Waals surface area contributed by atoms with Crippen molar-refractivity contribution >= 4 is 21.4 Å². The molecule has 1 aliphatic heterocycles. The second-order valence-corrected chi connectivity index (χ2v) is 6.84. The first-order valence-corrected chi connectivity index (χ1v) is 8.10. The van der Waals surface area contributed by atoms with E-state index in [-0.39, 0.29) is 4.90 Å². The van der Waals surface area contributed by atoms with Crippen LogP contribution in [-0.4, -0.2) is 15.0 Å². The molecule has 6 heteroatoms. The fourth-order valence-corrected chi connectivity index (χ4v) is 4.14. The van der Waals surface area contributed by atoms with Gasteiger partial charge in [-0.1, -0.05) is 6.07 Å². The summed E-state index contributed by atoms with van der Waals surface area (Å²) in [5.74, 6) is -0.461. The van der Waals surface area contributed by atoms with E-state index in [0.717, 1.165) is 24.1 Å². The van der Waals surface area contributed by atoms with Gasteiger partial charge in [-0.15, -0.1) is 0 Å². The largest absolute Gasteiger partial charge is 0.398 e. The minimum Gasteiger partial charge on any atom is -0.398 e. The molecule has 4 nitrogen and oxygen atoms in total. The van der Waals surface area contributed by atoms with E-state index in [2.05, 4.69) is 0 Å². The molecule has 0 radical (unpaired) electrons. The van der Waals surface area contributed by atoms with Gasteiger partial charge >= 0.3 is 0 Å². The third-order valence-electron chi connectivity index (χ3n) is 3.65. The summed E-state index contributed by atoms with van der Waals surface area (Å²) in [6.07, 6.45) is 1.47. The SMILES string of the molecule is Nc1cccc2c1CCCN2S(=O)(=O)c1ccc(F)cc1. The van der Waals surface area contributed by atoms with Crippen LogP contribution in [0.4, 0.5) is 15.8 Å². The van der Waals surface area contributed by atoms with Crippen molar-refractivity contribution < 1.29 is 12.8 Å². The summed E-state index contributed by atoms with van der Waals surface area (Å²) >= 11 is 0. The highest BCUT2D eigenvalue weighted by atomic mass is 32.2. The second kappa shape index (κ2) is 5.04. The number of rotatable bonds is 2. The maximum Gasteiger partial charge on any atom is 0.264 e. The van der Waals surface area contributed by atoms with Crippen LogP contribution in [0.2, 0.25) is 0 Å². The van der Waals surface area contributed by atoms with E-state index in [1.54, 1.807) is 18.2 Å². The van der Waals surface area contributed by atoms with Gasteiger partial charge in [0.2, 0.25) is 0 Å². The Morgan fingerprint density at radius 1 is 1.10 bits per heavy atom. The predicted molar refractivity (Wildman–Crippen MR) is 80.1 cm³/mol. The summed E-state index contributed by atoms with van der Waals surface area (Å²) in [5, 5.41) is 0. The van der Waals surface area contributed by atoms with Gasteiger partial charge in [0.25, 0.3) is 10.0 Å². The molecule has 0 bridgehead atoms. The van der Waals surface area contributed by atoms with Crippen molar-refractivity contribution in [3.63, 3.8) is 0 Å². The number of hydrogen-bond acceptors (Lipinski definition) is 3. The highest BCUT2D eigenvalue weighted by molar-refractivity contribution is 7.92. The van der Waals surface area contributed by atoms with Crippen LogP contribution < -0.4 is 10.0 Å². The fourth-order valence-electron chi connectivity index (χ4n) is 2.60. The topological polar surface area (TPSA) is 63.4 Å². The zero-order valence-electron chi connectivity index (χ0n) is 11.3. The van der Waals surface area contributed by atoms with Gasteiger partial charge in [0.15, 0.2) is 0 Å². The zero-order chi connectivity index (χ0) is 15.0. The smallest absolute Gasteiger partial charge is 0.264 e. The Balaban J connectivity index is 2.10. The van der Waals surface area contributed by atoms with E-state index in [1.165, 1.54) is 16.4 Å². The Bertz CT molecular complexity index is 773. The Morgan fingerprint density at radius 3 is 2.52 bits per heavy atom. The molecule has 0 saturated carbocycles. The van der Waals surface area contributed by atoms with Crippen molar-refractivity contribution in [1.29, 1.82) is 0 Å². The second-order valence-electron chi connectivity index (χ2n) is 4.98. The van der Waals surface area contributed by atoms with Crippen LogP contribution in [0.15, 0.2) is 47.4 Å². The monoisotopic (exact) mass is 306 g/mol. The first-order valence-electron chi connectivity index (χ1n) is 6.66. The number of benzene rings is 2. The lowest BCUT2D eigenvalue weighted by molar-refractivity contribution is 0.585. The Morgan fingerprint density at radius 2 is 1.81 bits per heavy atom. The van der Waals surface area contributed by atoms with Gasteiger partial charge in [-0.05, 0) is 54.8 Å². The van der Waals surface area contributed by atoms with E-state index in [0.29, 0.717) is 24.3 Å². The molecule has 2 aromatic rings. The van der Waals surface area contributed by atoms with E-state index in [1.807, 2.05) is 0 Å². The first-order chi connectivity index (χ1) is 10.00. The lowest BCUT2D eigenvalue weighted by atomic mass is 10.0. The van der Waals surface area contributed by atoms with Crippen LogP contribution in [-0.2, 0) is 16.4 Å². The van der Waals surface area contributed by atoms with Crippen molar-refractivity contribution in [2.24, 2.45) is 0 Å². The Hall–Kier alpha value is -2.08. The maximum atomic E-state index is 13.0. The molecule has 0 aliphatic carbocycles. The van der Waals surface area contributed by atoms with Gasteiger partial charge in [-0.3, -0.25) is 4.31 Å². The molecule has 2 aromatic carbocycles. The molecule has 0 amide bonds. The summed E-state index contributed by atoms with van der Waals surface area (Å²) in [4.78, 5) is 0.0826. The molecule has 0 spiro atoms. The summed E-state index contributed by atoms with van der Waals surface area (Å²) in [7, 11) is -3.70. The van der Waals surface area contributed by atoms with Gasteiger partial charge in [0.1, 0.15) is 5.82 Å². The highest BCUT2D eigenvalue weighted by Gasteiger charge is 2.29. The lowest BCUT2D eigenvalue weighted by Crippen LogP contribution is -2.35. The summed E-state index contributed by atoms with van der Waals surface area (Å²) in [6, 6.07) is 10.1. The average molecular weight is 306 g/mol. The Kier molecular flexibility index (Phi) is 3.33. The van der Waals surface area contributed by atoms with Gasteiger partial charge in [0.05, 0.1) is 10.6 Å². The van der Waals surface area contributed by atoms with Crippen LogP contribution in [0.5, 0.6) is 0 Å². The third-order valence-corrected chi connectivity index (χ3v) is 5.47. The number of nitrogens with zero attached hydrogens (tertiary/aromatic N) is 1. The Labute approximate surface area is 123 Å². The molecule has 0 unspecified atom stereocenters. The van der Waals surface area contributed by atoms with Crippen molar-refractivity contribution in [1.82, 2.24) is 0 Å². The molecular formula is C15H15FN2O2S. The van der Waals surface area contributed by atoms with Crippen LogP contribution in [0.25, 0.3) is 0 Å². The number of halogens is 1. The zero-order valence-corrected chi connectivity index (χ0v) is 12.1. The van der Waals surface area contributed by atoms with Crippen molar-refractivity contribution in [3.8, 4) is 0 Å². The third kappa shape index (κ3) is 2.35. The van der Waals surface area contributed by atoms with Gasteiger partial charge in [-0.25, -0.2) is 12.8 Å². The molecular weight excluding hydrogens is 291 g/mol. The maximum absolute atomic E-state index is 13.0. The molecule has 0 saturated heterocycles. The minimum atomic E-state index is -3.70. The number of nitrogen functional groups attached to an aromatic ring is 1. The molecule has 2 N–H and O–H groups in total. The van der Waals surface area contributed by atoms with Crippen molar-refractivity contribution in [2.75, 3.05) is 16.6 Å². The number of hydrogen-bond donors (Lipinski definition) is 1. The average Bonchev–Trinajstić information content (AvgIpc) is 2.47. The number of fused-ring (bicyclic) bond motifs is 1. The van der Waals surface area contributed by atoms with E-state index < -0.39 is 15.8 Å². The lowest BCUT2D eigenvalue weighted by Gasteiger charge is -2.31. The standard InChI is InChI=1S/C15H15FN2O2S/c16-11-6-8-12(9-7-11)21(19,20)18-10-2-3-13-14(17)4-1-5-15(13)18/h1,4-9H,2-3,10,17H2. The van der Waals surface area contributed by atoms with Crippen LogP contribution in [0.1, 0.15) is 12.0 Å². The highest BCUT2D eigenvalue weighted by Crippen LogP contribution is 2.34. The summed E-state index contributed by atoms with van der Waals surface area (Å²) < 4.78 is 39.8. The molecule has 1 aliphatic rings. The molecule has 1 heterocycles.